The largest absolute Gasteiger partial charge is 0.336 e. The summed E-state index contributed by atoms with van der Waals surface area (Å²) >= 11 is 5.74. The second-order valence-corrected chi connectivity index (χ2v) is 4.23. The molecule has 0 heterocycles. The van der Waals surface area contributed by atoms with Crippen LogP contribution < -0.4 is 5.32 Å². The highest BCUT2D eigenvalue weighted by atomic mass is 35.5. The van der Waals surface area contributed by atoms with Gasteiger partial charge < -0.3 is 5.32 Å². The van der Waals surface area contributed by atoms with Gasteiger partial charge in [0.05, 0.1) is 5.54 Å². The molecule has 0 radical (unpaired) electrons. The van der Waals surface area contributed by atoms with Crippen molar-refractivity contribution >= 4 is 17.5 Å². The molecule has 0 saturated carbocycles. The molecule has 16 heavy (non-hydrogen) atoms. The third kappa shape index (κ3) is 3.01. The monoisotopic (exact) mass is 235 g/mol. The van der Waals surface area contributed by atoms with Gasteiger partial charge in [0.25, 0.3) is 5.91 Å². The molecule has 0 bridgehead atoms. The summed E-state index contributed by atoms with van der Waals surface area (Å²) < 4.78 is 0. The van der Waals surface area contributed by atoms with E-state index in [2.05, 4.69) is 11.2 Å². The van der Waals surface area contributed by atoms with E-state index in [1.807, 2.05) is 13.8 Å². The van der Waals surface area contributed by atoms with Gasteiger partial charge in [0.1, 0.15) is 0 Å². The van der Waals surface area contributed by atoms with E-state index in [0.717, 1.165) is 0 Å². The molecule has 0 aliphatic carbocycles. The molecule has 1 amide bonds. The quantitative estimate of drug-likeness (QED) is 0.802. The third-order valence-electron chi connectivity index (χ3n) is 2.52. The number of hydrogen-bond acceptors (Lipinski definition) is 1. The highest BCUT2D eigenvalue weighted by molar-refractivity contribution is 6.30. The van der Waals surface area contributed by atoms with Gasteiger partial charge in [-0.3, -0.25) is 4.79 Å². The minimum Gasteiger partial charge on any atom is -0.336 e. The van der Waals surface area contributed by atoms with Crippen LogP contribution in [-0.2, 0) is 0 Å². The van der Waals surface area contributed by atoms with Crippen molar-refractivity contribution in [1.82, 2.24) is 5.32 Å². The lowest BCUT2D eigenvalue weighted by atomic mass is 9.99. The van der Waals surface area contributed by atoms with Crippen molar-refractivity contribution in [3.05, 3.63) is 34.9 Å². The summed E-state index contributed by atoms with van der Waals surface area (Å²) in [6.45, 7) is 3.75. The normalized spacial score (nSPS) is 13.6. The number of halogens is 1. The van der Waals surface area contributed by atoms with Gasteiger partial charge in [0, 0.05) is 10.6 Å². The Kier molecular flexibility index (Phi) is 3.98. The van der Waals surface area contributed by atoms with Crippen LogP contribution in [0.5, 0.6) is 0 Å². The van der Waals surface area contributed by atoms with Crippen LogP contribution in [0, 0.1) is 12.3 Å². The second kappa shape index (κ2) is 5.05. The summed E-state index contributed by atoms with van der Waals surface area (Å²) in [5, 5.41) is 3.41. The second-order valence-electron chi connectivity index (χ2n) is 3.79. The van der Waals surface area contributed by atoms with Crippen LogP contribution in [-0.4, -0.2) is 11.4 Å². The van der Waals surface area contributed by atoms with E-state index < -0.39 is 5.54 Å². The third-order valence-corrected chi connectivity index (χ3v) is 2.77. The lowest BCUT2D eigenvalue weighted by Crippen LogP contribution is -2.44. The standard InChI is InChI=1S/C13H14ClNO/c1-4-13(3,5-2)15-12(16)10-6-8-11(14)9-7-10/h1,6-9H,5H2,2-3H3,(H,15,16)/t13-/m0/s1. The number of benzene rings is 1. The molecule has 1 aromatic rings. The summed E-state index contributed by atoms with van der Waals surface area (Å²) in [5.74, 6) is 2.40. The Morgan fingerprint density at radius 1 is 1.50 bits per heavy atom. The van der Waals surface area contributed by atoms with Crippen LogP contribution >= 0.6 is 11.6 Å². The lowest BCUT2D eigenvalue weighted by molar-refractivity contribution is 0.0924. The zero-order valence-electron chi connectivity index (χ0n) is 9.38. The maximum Gasteiger partial charge on any atom is 0.252 e. The molecule has 1 atom stereocenters. The number of amides is 1. The zero-order chi connectivity index (χ0) is 12.2. The van der Waals surface area contributed by atoms with E-state index in [4.69, 9.17) is 18.0 Å². The van der Waals surface area contributed by atoms with Crippen molar-refractivity contribution in [2.24, 2.45) is 0 Å². The highest BCUT2D eigenvalue weighted by Gasteiger charge is 2.21. The Labute approximate surface area is 101 Å². The van der Waals surface area contributed by atoms with Crippen LogP contribution in [0.2, 0.25) is 5.02 Å². The van der Waals surface area contributed by atoms with Crippen molar-refractivity contribution in [1.29, 1.82) is 0 Å². The molecule has 0 aromatic heterocycles. The van der Waals surface area contributed by atoms with Gasteiger partial charge in [0.15, 0.2) is 0 Å². The van der Waals surface area contributed by atoms with Crippen molar-refractivity contribution in [2.75, 3.05) is 0 Å². The first-order valence-electron chi connectivity index (χ1n) is 5.06. The number of rotatable bonds is 3. The Morgan fingerprint density at radius 3 is 2.50 bits per heavy atom. The molecule has 84 valence electrons. The molecule has 0 aliphatic rings. The first-order chi connectivity index (χ1) is 7.50. The average molecular weight is 236 g/mol. The van der Waals surface area contributed by atoms with Crippen LogP contribution in [0.3, 0.4) is 0 Å². The minimum absolute atomic E-state index is 0.182. The maximum absolute atomic E-state index is 11.8. The first-order valence-corrected chi connectivity index (χ1v) is 5.44. The fourth-order valence-electron chi connectivity index (χ4n) is 1.15. The molecule has 0 aliphatic heterocycles. The van der Waals surface area contributed by atoms with Crippen LogP contribution in [0.25, 0.3) is 0 Å². The van der Waals surface area contributed by atoms with Crippen LogP contribution in [0.1, 0.15) is 30.6 Å². The summed E-state index contributed by atoms with van der Waals surface area (Å²) in [4.78, 5) is 11.8. The van der Waals surface area contributed by atoms with Crippen molar-refractivity contribution in [2.45, 2.75) is 25.8 Å². The molecular weight excluding hydrogens is 222 g/mol. The van der Waals surface area contributed by atoms with Gasteiger partial charge in [-0.15, -0.1) is 6.42 Å². The fraction of sp³-hybridized carbons (Fsp3) is 0.308. The lowest BCUT2D eigenvalue weighted by Gasteiger charge is -2.23. The predicted octanol–water partition coefficient (Wildman–Crippen LogP) is 2.87. The molecule has 0 spiro atoms. The molecule has 2 nitrogen and oxygen atoms in total. The van der Waals surface area contributed by atoms with E-state index in [-0.39, 0.29) is 5.91 Å². The SMILES string of the molecule is C#C[C@@](C)(CC)NC(=O)c1ccc(Cl)cc1. The zero-order valence-corrected chi connectivity index (χ0v) is 10.1. The molecule has 0 saturated heterocycles. The highest BCUT2D eigenvalue weighted by Crippen LogP contribution is 2.12. The number of hydrogen-bond donors (Lipinski definition) is 1. The van der Waals surface area contributed by atoms with Crippen molar-refractivity contribution in [3.63, 3.8) is 0 Å². The van der Waals surface area contributed by atoms with E-state index in [1.165, 1.54) is 0 Å². The molecule has 1 rings (SSSR count). The van der Waals surface area contributed by atoms with Gasteiger partial charge in [0.2, 0.25) is 0 Å². The topological polar surface area (TPSA) is 29.1 Å². The number of terminal acetylenes is 1. The first kappa shape index (κ1) is 12.6. The Hall–Kier alpha value is -1.46. The van der Waals surface area contributed by atoms with Gasteiger partial charge in [-0.1, -0.05) is 24.4 Å². The predicted molar refractivity (Wildman–Crippen MR) is 66.4 cm³/mol. The van der Waals surface area contributed by atoms with Crippen molar-refractivity contribution < 1.29 is 4.79 Å². The molecular formula is C13H14ClNO. The Balaban J connectivity index is 2.81. The summed E-state index contributed by atoms with van der Waals surface area (Å²) in [6, 6.07) is 6.69. The number of carbonyl (C=O) groups is 1. The van der Waals surface area contributed by atoms with Gasteiger partial charge >= 0.3 is 0 Å². The van der Waals surface area contributed by atoms with Gasteiger partial charge in [-0.2, -0.15) is 0 Å². The van der Waals surface area contributed by atoms with E-state index in [1.54, 1.807) is 24.3 Å². The molecule has 1 aromatic carbocycles. The Bertz CT molecular complexity index is 419. The average Bonchev–Trinajstić information content (AvgIpc) is 2.29. The maximum atomic E-state index is 11.8. The summed E-state index contributed by atoms with van der Waals surface area (Å²) in [6.07, 6.45) is 6.07. The van der Waals surface area contributed by atoms with Gasteiger partial charge in [-0.05, 0) is 37.6 Å². The van der Waals surface area contributed by atoms with E-state index in [9.17, 15) is 4.79 Å². The summed E-state index contributed by atoms with van der Waals surface area (Å²) in [5.41, 5.74) is -0.0455. The van der Waals surface area contributed by atoms with E-state index >= 15 is 0 Å². The summed E-state index contributed by atoms with van der Waals surface area (Å²) in [7, 11) is 0. The minimum atomic E-state index is -0.600. The van der Waals surface area contributed by atoms with Crippen molar-refractivity contribution in [3.8, 4) is 12.3 Å². The van der Waals surface area contributed by atoms with Gasteiger partial charge in [-0.25, -0.2) is 0 Å². The number of carbonyl (C=O) groups excluding carboxylic acids is 1. The molecule has 0 fully saturated rings. The molecule has 3 heteroatoms. The molecule has 0 unspecified atom stereocenters. The number of nitrogens with one attached hydrogen (secondary N) is 1. The van der Waals surface area contributed by atoms with Crippen LogP contribution in [0.4, 0.5) is 0 Å². The smallest absolute Gasteiger partial charge is 0.252 e. The van der Waals surface area contributed by atoms with E-state index in [0.29, 0.717) is 17.0 Å². The Morgan fingerprint density at radius 2 is 2.06 bits per heavy atom. The fourth-order valence-corrected chi connectivity index (χ4v) is 1.28. The molecule has 1 N–H and O–H groups in total. The van der Waals surface area contributed by atoms with Crippen LogP contribution in [0.15, 0.2) is 24.3 Å².